The topological polar surface area (TPSA) is 0 Å². The highest BCUT2D eigenvalue weighted by Gasteiger charge is 2.34. The van der Waals surface area contributed by atoms with Gasteiger partial charge < -0.3 is 17.3 Å². The first-order chi connectivity index (χ1) is 12.4. The second-order valence-electron chi connectivity index (χ2n) is 5.69. The SMILES string of the molecule is ClCCCCCC[S+]1c2ccccc2Sc2ccccc21.F[B-](F)(F)F. The van der Waals surface area contributed by atoms with Crippen molar-refractivity contribution < 1.29 is 17.3 Å². The van der Waals surface area contributed by atoms with E-state index in [-0.39, 0.29) is 10.9 Å². The number of fused-ring (bicyclic) bond motifs is 2. The van der Waals surface area contributed by atoms with Gasteiger partial charge in [0.1, 0.15) is 5.75 Å². The fraction of sp³-hybridized carbons (Fsp3) is 0.333. The minimum absolute atomic E-state index is 0.246. The van der Waals surface area contributed by atoms with Gasteiger partial charge in [0, 0.05) is 5.88 Å². The molecule has 0 radical (unpaired) electrons. The third-order valence-corrected chi connectivity index (χ3v) is 7.83. The average Bonchev–Trinajstić information content (AvgIpc) is 2.59. The molecule has 0 saturated carbocycles. The van der Waals surface area contributed by atoms with E-state index in [2.05, 4.69) is 48.5 Å². The van der Waals surface area contributed by atoms with Gasteiger partial charge in [-0.25, -0.2) is 0 Å². The van der Waals surface area contributed by atoms with E-state index in [4.69, 9.17) is 11.6 Å². The normalized spacial score (nSPS) is 13.4. The molecule has 0 spiro atoms. The van der Waals surface area contributed by atoms with Crippen LogP contribution in [0.4, 0.5) is 17.3 Å². The Labute approximate surface area is 164 Å². The number of hydrogen-bond acceptors (Lipinski definition) is 1. The third-order valence-electron chi connectivity index (χ3n) is 3.68. The van der Waals surface area contributed by atoms with Gasteiger partial charge in [0.15, 0.2) is 9.79 Å². The smallest absolute Gasteiger partial charge is 0.418 e. The minimum Gasteiger partial charge on any atom is -0.418 e. The number of alkyl halides is 1. The number of unbranched alkanes of at least 4 members (excludes halogenated alkanes) is 3. The van der Waals surface area contributed by atoms with Gasteiger partial charge in [-0.15, -0.1) is 11.6 Å². The first kappa shape index (κ1) is 21.5. The third kappa shape index (κ3) is 7.08. The Kier molecular flexibility index (Phi) is 8.71. The lowest BCUT2D eigenvalue weighted by Gasteiger charge is -2.19. The van der Waals surface area contributed by atoms with E-state index in [1.54, 1.807) is 9.79 Å². The van der Waals surface area contributed by atoms with E-state index in [9.17, 15) is 17.3 Å². The van der Waals surface area contributed by atoms with Crippen LogP contribution in [0.3, 0.4) is 0 Å². The molecule has 26 heavy (non-hydrogen) atoms. The summed E-state index contributed by atoms with van der Waals surface area (Å²) in [5.74, 6) is 2.07. The zero-order valence-electron chi connectivity index (χ0n) is 14.1. The van der Waals surface area contributed by atoms with E-state index in [1.807, 2.05) is 11.8 Å². The van der Waals surface area contributed by atoms with Crippen LogP contribution in [0.1, 0.15) is 25.7 Å². The zero-order chi connectivity index (χ0) is 19.0. The van der Waals surface area contributed by atoms with Gasteiger partial charge in [0.2, 0.25) is 0 Å². The molecule has 0 aliphatic carbocycles. The summed E-state index contributed by atoms with van der Waals surface area (Å²) in [6, 6.07) is 17.8. The molecule has 0 unspecified atom stereocenters. The van der Waals surface area contributed by atoms with E-state index >= 15 is 0 Å². The zero-order valence-corrected chi connectivity index (χ0v) is 16.5. The van der Waals surface area contributed by atoms with Gasteiger partial charge >= 0.3 is 7.25 Å². The van der Waals surface area contributed by atoms with Crippen molar-refractivity contribution in [1.29, 1.82) is 0 Å². The van der Waals surface area contributed by atoms with Crippen molar-refractivity contribution in [2.24, 2.45) is 0 Å². The molecule has 1 heterocycles. The predicted molar refractivity (Wildman–Crippen MR) is 105 cm³/mol. The van der Waals surface area contributed by atoms with Crippen LogP contribution >= 0.6 is 23.4 Å². The fourth-order valence-corrected chi connectivity index (χ4v) is 6.81. The minimum atomic E-state index is -6.00. The Morgan fingerprint density at radius 2 is 1.23 bits per heavy atom. The Morgan fingerprint density at radius 3 is 1.73 bits per heavy atom. The molecule has 0 aromatic heterocycles. The number of rotatable bonds is 6. The maximum absolute atomic E-state index is 9.75. The van der Waals surface area contributed by atoms with Crippen molar-refractivity contribution in [3.63, 3.8) is 0 Å². The molecule has 0 nitrogen and oxygen atoms in total. The molecule has 1 aliphatic rings. The molecule has 0 bridgehead atoms. The molecule has 2 aromatic rings. The first-order valence-electron chi connectivity index (χ1n) is 8.40. The monoisotopic (exact) mass is 422 g/mol. The van der Waals surface area contributed by atoms with E-state index in [1.165, 1.54) is 34.8 Å². The summed E-state index contributed by atoms with van der Waals surface area (Å²) >= 11 is 7.69. The molecule has 0 N–H and O–H groups in total. The fourth-order valence-electron chi connectivity index (χ4n) is 2.63. The summed E-state index contributed by atoms with van der Waals surface area (Å²) in [6.07, 6.45) is 5.01. The van der Waals surface area contributed by atoms with Gasteiger partial charge in [-0.05, 0) is 43.5 Å². The molecule has 0 atom stereocenters. The summed E-state index contributed by atoms with van der Waals surface area (Å²) in [5, 5.41) is 0. The van der Waals surface area contributed by atoms with Gasteiger partial charge in [0.25, 0.3) is 0 Å². The highest BCUT2D eigenvalue weighted by molar-refractivity contribution is 8.04. The Balaban J connectivity index is 0.000000431. The average molecular weight is 423 g/mol. The lowest BCUT2D eigenvalue weighted by molar-refractivity contribution is 0.368. The van der Waals surface area contributed by atoms with E-state index in [0.717, 1.165) is 12.3 Å². The molecule has 1 aliphatic heterocycles. The summed E-state index contributed by atoms with van der Waals surface area (Å²) in [5.41, 5.74) is 0. The lowest BCUT2D eigenvalue weighted by atomic mass is 10.2. The molecule has 142 valence electrons. The molecular formula is C18H20BClF4S2. The van der Waals surface area contributed by atoms with Crippen LogP contribution in [-0.4, -0.2) is 18.9 Å². The second-order valence-corrected chi connectivity index (χ2v) is 9.22. The van der Waals surface area contributed by atoms with Crippen LogP contribution in [-0.2, 0) is 10.9 Å². The van der Waals surface area contributed by atoms with Crippen molar-refractivity contribution in [1.82, 2.24) is 0 Å². The Hall–Kier alpha value is -0.785. The molecule has 0 amide bonds. The number of halogens is 5. The van der Waals surface area contributed by atoms with Crippen LogP contribution in [0.25, 0.3) is 0 Å². The summed E-state index contributed by atoms with van der Waals surface area (Å²) in [6.45, 7) is 0. The summed E-state index contributed by atoms with van der Waals surface area (Å²) in [7, 11) is -5.75. The van der Waals surface area contributed by atoms with Crippen LogP contribution < -0.4 is 0 Å². The molecule has 3 rings (SSSR count). The molecule has 0 fully saturated rings. The lowest BCUT2D eigenvalue weighted by Crippen LogP contribution is -2.14. The van der Waals surface area contributed by atoms with Crippen molar-refractivity contribution in [2.45, 2.75) is 45.3 Å². The largest absolute Gasteiger partial charge is 0.673 e. The molecule has 0 saturated heterocycles. The van der Waals surface area contributed by atoms with Crippen LogP contribution in [0.2, 0.25) is 0 Å². The van der Waals surface area contributed by atoms with Crippen molar-refractivity contribution in [3.05, 3.63) is 48.5 Å². The number of benzene rings is 2. The van der Waals surface area contributed by atoms with Gasteiger partial charge in [-0.2, -0.15) is 0 Å². The van der Waals surface area contributed by atoms with Crippen molar-refractivity contribution in [3.8, 4) is 0 Å². The Morgan fingerprint density at radius 1 is 0.769 bits per heavy atom. The van der Waals surface area contributed by atoms with Gasteiger partial charge in [-0.3, -0.25) is 0 Å². The molecule has 8 heteroatoms. The first-order valence-corrected chi connectivity index (χ1v) is 11.1. The molecule has 2 aromatic carbocycles. The maximum Gasteiger partial charge on any atom is 0.673 e. The van der Waals surface area contributed by atoms with E-state index < -0.39 is 7.25 Å². The molecular weight excluding hydrogens is 403 g/mol. The van der Waals surface area contributed by atoms with Crippen molar-refractivity contribution in [2.75, 3.05) is 11.6 Å². The maximum atomic E-state index is 9.75. The second kappa shape index (κ2) is 10.5. The van der Waals surface area contributed by atoms with Gasteiger partial charge in [-0.1, -0.05) is 42.4 Å². The standard InChI is InChI=1S/C18H20ClS2.BF4/c19-13-7-1-2-8-14-21-17-11-5-3-9-15(17)20-16-10-4-6-12-18(16)21;2-1(3,4)5/h3-6,9-12H,1-2,7-8,13-14H2;/q+1;-1. The summed E-state index contributed by atoms with van der Waals surface area (Å²) in [4.78, 5) is 5.97. The van der Waals surface area contributed by atoms with Crippen LogP contribution in [0.5, 0.6) is 0 Å². The highest BCUT2D eigenvalue weighted by atomic mass is 35.5. The summed E-state index contributed by atoms with van der Waals surface area (Å²) < 4.78 is 39.0. The van der Waals surface area contributed by atoms with Crippen LogP contribution in [0, 0.1) is 0 Å². The Bertz CT molecular complexity index is 645. The number of hydrogen-bond donors (Lipinski definition) is 0. The quantitative estimate of drug-likeness (QED) is 0.155. The van der Waals surface area contributed by atoms with Crippen molar-refractivity contribution >= 4 is 41.5 Å². The predicted octanol–water partition coefficient (Wildman–Crippen LogP) is 7.29. The van der Waals surface area contributed by atoms with E-state index in [0.29, 0.717) is 0 Å². The highest BCUT2D eigenvalue weighted by Crippen LogP contribution is 2.45. The van der Waals surface area contributed by atoms with Crippen LogP contribution in [0.15, 0.2) is 68.1 Å². The van der Waals surface area contributed by atoms with Gasteiger partial charge in [0.05, 0.1) is 20.7 Å².